The summed E-state index contributed by atoms with van der Waals surface area (Å²) in [5.74, 6) is 0.306. The predicted molar refractivity (Wildman–Crippen MR) is 145 cm³/mol. The molecule has 4 aromatic rings. The molecular formula is C29H31N5O4. The molecule has 0 saturated carbocycles. The van der Waals surface area contributed by atoms with Crippen molar-refractivity contribution in [3.8, 4) is 22.7 Å². The monoisotopic (exact) mass is 513 g/mol. The van der Waals surface area contributed by atoms with Crippen LogP contribution in [-0.4, -0.2) is 52.4 Å². The van der Waals surface area contributed by atoms with Crippen LogP contribution in [-0.2, 0) is 16.1 Å². The maximum atomic E-state index is 12.7. The van der Waals surface area contributed by atoms with Crippen LogP contribution < -0.4 is 10.1 Å². The molecule has 2 amide bonds. The summed E-state index contributed by atoms with van der Waals surface area (Å²) >= 11 is 0. The number of benzene rings is 2. The minimum atomic E-state index is -0.218. The number of hydroxylamine groups is 2. The maximum absolute atomic E-state index is 12.7. The van der Waals surface area contributed by atoms with E-state index in [0.29, 0.717) is 36.4 Å². The van der Waals surface area contributed by atoms with Crippen LogP contribution >= 0.6 is 0 Å². The van der Waals surface area contributed by atoms with Crippen molar-refractivity contribution in [2.75, 3.05) is 26.1 Å². The fourth-order valence-corrected chi connectivity index (χ4v) is 3.81. The Morgan fingerprint density at radius 2 is 1.82 bits per heavy atom. The van der Waals surface area contributed by atoms with Crippen LogP contribution in [0.1, 0.15) is 35.8 Å². The SMILES string of the molecule is CCc1cc(-c2cccnc2)nn1-c1ccc(NC(=O)c2ccc(OCCCC(=O)N(C)OC)cc2)cc1. The molecular weight excluding hydrogens is 482 g/mol. The van der Waals surface area contributed by atoms with Gasteiger partial charge in [0, 0.05) is 48.4 Å². The molecule has 2 heterocycles. The number of carbonyl (C=O) groups is 2. The number of aryl methyl sites for hydroxylation is 1. The molecule has 0 radical (unpaired) electrons. The molecule has 0 spiro atoms. The number of carbonyl (C=O) groups excluding carboxylic acids is 2. The third-order valence-corrected chi connectivity index (χ3v) is 6.02. The number of amides is 2. The average molecular weight is 514 g/mol. The second kappa shape index (κ2) is 12.6. The molecule has 0 atom stereocenters. The van der Waals surface area contributed by atoms with Crippen molar-refractivity contribution < 1.29 is 19.2 Å². The Balaban J connectivity index is 1.33. The molecule has 0 aliphatic heterocycles. The molecule has 9 heteroatoms. The zero-order valence-corrected chi connectivity index (χ0v) is 21.8. The Kier molecular flexibility index (Phi) is 8.84. The molecule has 1 N–H and O–H groups in total. The second-order valence-corrected chi connectivity index (χ2v) is 8.58. The van der Waals surface area contributed by atoms with Crippen molar-refractivity contribution in [1.82, 2.24) is 19.8 Å². The van der Waals surface area contributed by atoms with Crippen LogP contribution in [0.2, 0.25) is 0 Å². The highest BCUT2D eigenvalue weighted by Gasteiger charge is 2.12. The van der Waals surface area contributed by atoms with Gasteiger partial charge in [0.15, 0.2) is 0 Å². The standard InChI is InChI=1S/C29H31N5O4/c1-4-24-19-27(22-7-5-17-30-20-22)32-34(24)25-13-11-23(12-14-25)31-29(36)21-9-15-26(16-10-21)38-18-6-8-28(35)33(2)37-3/h5,7,9-17,19-20H,4,6,8,18H2,1-3H3,(H,31,36). The molecule has 9 nitrogen and oxygen atoms in total. The van der Waals surface area contributed by atoms with E-state index in [9.17, 15) is 9.59 Å². The number of anilines is 1. The lowest BCUT2D eigenvalue weighted by Gasteiger charge is -2.13. The van der Waals surface area contributed by atoms with Gasteiger partial charge in [-0.2, -0.15) is 5.10 Å². The molecule has 4 rings (SSSR count). The van der Waals surface area contributed by atoms with Crippen LogP contribution in [0.4, 0.5) is 5.69 Å². The lowest BCUT2D eigenvalue weighted by Crippen LogP contribution is -2.25. The highest BCUT2D eigenvalue weighted by molar-refractivity contribution is 6.04. The van der Waals surface area contributed by atoms with Crippen molar-refractivity contribution in [2.24, 2.45) is 0 Å². The van der Waals surface area contributed by atoms with Gasteiger partial charge in [0.1, 0.15) is 5.75 Å². The molecule has 0 aliphatic carbocycles. The van der Waals surface area contributed by atoms with Crippen LogP contribution in [0.5, 0.6) is 5.75 Å². The number of hydrogen-bond acceptors (Lipinski definition) is 6. The number of rotatable bonds is 11. The highest BCUT2D eigenvalue weighted by atomic mass is 16.7. The van der Waals surface area contributed by atoms with Crippen molar-refractivity contribution >= 4 is 17.5 Å². The summed E-state index contributed by atoms with van der Waals surface area (Å²) in [5, 5.41) is 8.89. The number of ether oxygens (including phenoxy) is 1. The normalized spacial score (nSPS) is 10.7. The number of aromatic nitrogens is 3. The first-order valence-electron chi connectivity index (χ1n) is 12.4. The Morgan fingerprint density at radius 1 is 1.05 bits per heavy atom. The van der Waals surface area contributed by atoms with Crippen molar-refractivity contribution in [1.29, 1.82) is 0 Å². The van der Waals surface area contributed by atoms with Crippen molar-refractivity contribution in [3.63, 3.8) is 0 Å². The van der Waals surface area contributed by atoms with Crippen molar-refractivity contribution in [2.45, 2.75) is 26.2 Å². The van der Waals surface area contributed by atoms with E-state index in [1.165, 1.54) is 12.2 Å². The quantitative estimate of drug-likeness (QED) is 0.226. The van der Waals surface area contributed by atoms with Crippen LogP contribution in [0.15, 0.2) is 79.1 Å². The number of nitrogens with zero attached hydrogens (tertiary/aromatic N) is 4. The van der Waals surface area contributed by atoms with E-state index in [-0.39, 0.29) is 11.8 Å². The molecule has 196 valence electrons. The summed E-state index contributed by atoms with van der Waals surface area (Å²) in [6, 6.07) is 20.4. The van der Waals surface area contributed by atoms with Gasteiger partial charge in [0.25, 0.3) is 5.91 Å². The Labute approximate surface area is 222 Å². The van der Waals surface area contributed by atoms with E-state index >= 15 is 0 Å². The minimum absolute atomic E-state index is 0.110. The molecule has 0 bridgehead atoms. The van der Waals surface area contributed by atoms with Gasteiger partial charge >= 0.3 is 0 Å². The summed E-state index contributed by atoms with van der Waals surface area (Å²) in [7, 11) is 3.02. The van der Waals surface area contributed by atoms with E-state index in [4.69, 9.17) is 14.7 Å². The summed E-state index contributed by atoms with van der Waals surface area (Å²) in [5.41, 5.74) is 5.02. The maximum Gasteiger partial charge on any atom is 0.255 e. The fraction of sp³-hybridized carbons (Fsp3) is 0.241. The molecule has 0 saturated heterocycles. The van der Waals surface area contributed by atoms with Gasteiger partial charge < -0.3 is 10.1 Å². The Bertz CT molecular complexity index is 1350. The molecule has 0 aliphatic rings. The first-order valence-corrected chi connectivity index (χ1v) is 12.4. The van der Waals surface area contributed by atoms with Gasteiger partial charge in [0.05, 0.1) is 25.1 Å². The molecule has 2 aromatic heterocycles. The molecule has 2 aromatic carbocycles. The van der Waals surface area contributed by atoms with Gasteiger partial charge in [-0.15, -0.1) is 0 Å². The summed E-state index contributed by atoms with van der Waals surface area (Å²) in [6.07, 6.45) is 5.26. The van der Waals surface area contributed by atoms with Gasteiger partial charge in [-0.1, -0.05) is 6.92 Å². The van der Waals surface area contributed by atoms with E-state index in [1.807, 2.05) is 41.1 Å². The number of nitrogens with one attached hydrogen (secondary N) is 1. The summed E-state index contributed by atoms with van der Waals surface area (Å²) < 4.78 is 7.59. The fourth-order valence-electron chi connectivity index (χ4n) is 3.81. The zero-order valence-electron chi connectivity index (χ0n) is 21.8. The van der Waals surface area contributed by atoms with Crippen LogP contribution in [0.25, 0.3) is 16.9 Å². The lowest BCUT2D eigenvalue weighted by atomic mass is 10.2. The van der Waals surface area contributed by atoms with E-state index in [1.54, 1.807) is 43.7 Å². The van der Waals surface area contributed by atoms with Gasteiger partial charge in [-0.3, -0.25) is 19.4 Å². The Morgan fingerprint density at radius 3 is 2.47 bits per heavy atom. The number of hydrogen-bond donors (Lipinski definition) is 1. The van der Waals surface area contributed by atoms with Crippen LogP contribution in [0.3, 0.4) is 0 Å². The largest absolute Gasteiger partial charge is 0.494 e. The summed E-state index contributed by atoms with van der Waals surface area (Å²) in [6.45, 7) is 2.48. The second-order valence-electron chi connectivity index (χ2n) is 8.58. The molecule has 38 heavy (non-hydrogen) atoms. The summed E-state index contributed by atoms with van der Waals surface area (Å²) in [4.78, 5) is 33.5. The third-order valence-electron chi connectivity index (χ3n) is 6.02. The third kappa shape index (κ3) is 6.63. The smallest absolute Gasteiger partial charge is 0.255 e. The predicted octanol–water partition coefficient (Wildman–Crippen LogP) is 4.93. The molecule has 0 unspecified atom stereocenters. The lowest BCUT2D eigenvalue weighted by molar-refractivity contribution is -0.168. The van der Waals surface area contributed by atoms with Gasteiger partial charge in [-0.05, 0) is 79.6 Å². The van der Waals surface area contributed by atoms with E-state index < -0.39 is 0 Å². The highest BCUT2D eigenvalue weighted by Crippen LogP contribution is 2.23. The van der Waals surface area contributed by atoms with Crippen molar-refractivity contribution in [3.05, 3.63) is 90.4 Å². The first-order chi connectivity index (χ1) is 18.5. The van der Waals surface area contributed by atoms with Gasteiger partial charge in [0.2, 0.25) is 5.91 Å². The Hall–Kier alpha value is -4.50. The van der Waals surface area contributed by atoms with E-state index in [0.717, 1.165) is 29.1 Å². The zero-order chi connectivity index (χ0) is 26.9. The first kappa shape index (κ1) is 26.6. The number of pyridine rings is 1. The van der Waals surface area contributed by atoms with Gasteiger partial charge in [-0.25, -0.2) is 9.75 Å². The average Bonchev–Trinajstić information content (AvgIpc) is 3.40. The molecule has 0 fully saturated rings. The van der Waals surface area contributed by atoms with Crippen LogP contribution in [0, 0.1) is 0 Å². The topological polar surface area (TPSA) is 98.6 Å². The van der Waals surface area contributed by atoms with E-state index in [2.05, 4.69) is 23.3 Å². The minimum Gasteiger partial charge on any atom is -0.494 e.